The Hall–Kier alpha value is -1.25. The van der Waals surface area contributed by atoms with E-state index in [1.54, 1.807) is 6.07 Å². The van der Waals surface area contributed by atoms with Gasteiger partial charge in [0.1, 0.15) is 5.82 Å². The number of rotatable bonds is 4. The van der Waals surface area contributed by atoms with E-state index in [1.165, 1.54) is 19.3 Å². The van der Waals surface area contributed by atoms with Crippen LogP contribution in [0.4, 0.5) is 15.8 Å². The van der Waals surface area contributed by atoms with Crippen LogP contribution in [-0.4, -0.2) is 19.1 Å². The summed E-state index contributed by atoms with van der Waals surface area (Å²) in [4.78, 5) is 1.96. The summed E-state index contributed by atoms with van der Waals surface area (Å²) in [6.45, 7) is 8.75. The Kier molecular flexibility index (Phi) is 5.13. The molecule has 1 aliphatic rings. The molecule has 0 bridgehead atoms. The van der Waals surface area contributed by atoms with E-state index in [0.29, 0.717) is 17.8 Å². The van der Waals surface area contributed by atoms with Crippen LogP contribution in [0, 0.1) is 17.7 Å². The minimum atomic E-state index is -0.145. The van der Waals surface area contributed by atoms with Crippen LogP contribution in [-0.2, 0) is 0 Å². The van der Waals surface area contributed by atoms with Crippen molar-refractivity contribution < 1.29 is 4.39 Å². The van der Waals surface area contributed by atoms with Crippen molar-refractivity contribution in [1.29, 1.82) is 0 Å². The van der Waals surface area contributed by atoms with Crippen LogP contribution in [0.5, 0.6) is 0 Å². The van der Waals surface area contributed by atoms with Crippen molar-refractivity contribution in [2.75, 3.05) is 17.3 Å². The smallest absolute Gasteiger partial charge is 0.148 e. The Morgan fingerprint density at radius 3 is 2.29 bits per heavy atom. The first-order valence-electron chi connectivity index (χ1n) is 8.15. The van der Waals surface area contributed by atoms with E-state index in [2.05, 4.69) is 33.0 Å². The van der Waals surface area contributed by atoms with E-state index in [1.807, 2.05) is 24.1 Å². The van der Waals surface area contributed by atoms with Crippen molar-refractivity contribution in [3.8, 4) is 0 Å². The highest BCUT2D eigenvalue weighted by Crippen LogP contribution is 2.31. The van der Waals surface area contributed by atoms with Gasteiger partial charge in [0.2, 0.25) is 0 Å². The Morgan fingerprint density at radius 2 is 1.76 bits per heavy atom. The van der Waals surface area contributed by atoms with Gasteiger partial charge in [-0.25, -0.2) is 4.39 Å². The average molecular weight is 292 g/mol. The van der Waals surface area contributed by atoms with Gasteiger partial charge in [-0.2, -0.15) is 0 Å². The van der Waals surface area contributed by atoms with Gasteiger partial charge in [-0.1, -0.05) is 13.8 Å². The summed E-state index contributed by atoms with van der Waals surface area (Å²) in [6.07, 6.45) is 3.67. The molecule has 2 atom stereocenters. The fraction of sp³-hybridized carbons (Fsp3) is 0.667. The molecule has 1 aromatic rings. The van der Waals surface area contributed by atoms with Gasteiger partial charge in [-0.15, -0.1) is 0 Å². The van der Waals surface area contributed by atoms with E-state index in [4.69, 9.17) is 0 Å². The zero-order valence-corrected chi connectivity index (χ0v) is 14.0. The first-order chi connectivity index (χ1) is 9.86. The summed E-state index contributed by atoms with van der Waals surface area (Å²) < 4.78 is 14.3. The Balaban J connectivity index is 2.06. The number of anilines is 2. The molecule has 1 fully saturated rings. The molecule has 0 aliphatic heterocycles. The second kappa shape index (κ2) is 6.67. The highest BCUT2D eigenvalue weighted by Gasteiger charge is 2.24. The second-order valence-electron chi connectivity index (χ2n) is 7.13. The van der Waals surface area contributed by atoms with Crippen molar-refractivity contribution in [2.45, 2.75) is 59.0 Å². The maximum absolute atomic E-state index is 14.3. The van der Waals surface area contributed by atoms with E-state index < -0.39 is 0 Å². The first-order valence-corrected chi connectivity index (χ1v) is 8.15. The number of benzene rings is 1. The first kappa shape index (κ1) is 16.1. The van der Waals surface area contributed by atoms with Crippen molar-refractivity contribution in [3.63, 3.8) is 0 Å². The number of hydrogen-bond acceptors (Lipinski definition) is 2. The monoisotopic (exact) mass is 292 g/mol. The average Bonchev–Trinajstić information content (AvgIpc) is 2.36. The van der Waals surface area contributed by atoms with Crippen LogP contribution in [0.1, 0.15) is 47.0 Å². The summed E-state index contributed by atoms with van der Waals surface area (Å²) in [5.74, 6) is 1.36. The quantitative estimate of drug-likeness (QED) is 0.848. The highest BCUT2D eigenvalue weighted by atomic mass is 19.1. The van der Waals surface area contributed by atoms with Crippen LogP contribution in [0.15, 0.2) is 18.2 Å². The molecule has 0 spiro atoms. The minimum Gasteiger partial charge on any atom is -0.382 e. The van der Waals surface area contributed by atoms with Crippen molar-refractivity contribution in [3.05, 3.63) is 24.0 Å². The van der Waals surface area contributed by atoms with E-state index >= 15 is 0 Å². The fourth-order valence-electron chi connectivity index (χ4n) is 3.46. The van der Waals surface area contributed by atoms with Crippen molar-refractivity contribution >= 4 is 11.4 Å². The molecule has 2 unspecified atom stereocenters. The lowest BCUT2D eigenvalue weighted by Gasteiger charge is -2.33. The SMILES string of the molecule is CC1CC(C)CC(Nc2ccc(N(C)C(C)C)c(F)c2)C1. The molecule has 0 amide bonds. The highest BCUT2D eigenvalue weighted by molar-refractivity contribution is 5.56. The standard InChI is InChI=1S/C18H29FN2/c1-12(2)21(5)18-7-6-15(11-17(18)19)20-16-9-13(3)8-14(4)10-16/h6-7,11-14,16,20H,8-10H2,1-5H3. The third-order valence-corrected chi connectivity index (χ3v) is 4.65. The van der Waals surface area contributed by atoms with Gasteiger partial charge in [0.15, 0.2) is 0 Å². The summed E-state index contributed by atoms with van der Waals surface area (Å²) in [5.41, 5.74) is 1.57. The van der Waals surface area contributed by atoms with Crippen molar-refractivity contribution in [1.82, 2.24) is 0 Å². The molecule has 0 saturated heterocycles. The van der Waals surface area contributed by atoms with Gasteiger partial charge < -0.3 is 10.2 Å². The molecule has 1 aliphatic carbocycles. The molecule has 118 valence electrons. The molecule has 0 radical (unpaired) electrons. The maximum atomic E-state index is 14.3. The summed E-state index contributed by atoms with van der Waals surface area (Å²) >= 11 is 0. The number of nitrogens with one attached hydrogen (secondary N) is 1. The third kappa shape index (κ3) is 4.12. The summed E-state index contributed by atoms with van der Waals surface area (Å²) in [6, 6.07) is 6.28. The summed E-state index contributed by atoms with van der Waals surface area (Å²) in [5, 5.41) is 3.52. The van der Waals surface area contributed by atoms with E-state index in [9.17, 15) is 4.39 Å². The molecule has 0 aromatic heterocycles. The zero-order chi connectivity index (χ0) is 15.6. The van der Waals surface area contributed by atoms with Crippen LogP contribution >= 0.6 is 0 Å². The maximum Gasteiger partial charge on any atom is 0.148 e. The zero-order valence-electron chi connectivity index (χ0n) is 14.0. The van der Waals surface area contributed by atoms with Crippen molar-refractivity contribution in [2.24, 2.45) is 11.8 Å². The molecule has 1 aromatic carbocycles. The van der Waals surface area contributed by atoms with Crippen LogP contribution in [0.3, 0.4) is 0 Å². The topological polar surface area (TPSA) is 15.3 Å². The van der Waals surface area contributed by atoms with Crippen LogP contribution in [0.25, 0.3) is 0 Å². The van der Waals surface area contributed by atoms with Crippen LogP contribution in [0.2, 0.25) is 0 Å². The molecule has 3 heteroatoms. The molecule has 1 N–H and O–H groups in total. The lowest BCUT2D eigenvalue weighted by atomic mass is 9.80. The predicted octanol–water partition coefficient (Wildman–Crippen LogP) is 4.91. The molecular formula is C18H29FN2. The van der Waals surface area contributed by atoms with Crippen LogP contribution < -0.4 is 10.2 Å². The van der Waals surface area contributed by atoms with Gasteiger partial charge in [-0.05, 0) is 63.1 Å². The Labute approximate surface area is 128 Å². The number of halogens is 1. The molecular weight excluding hydrogens is 263 g/mol. The molecule has 1 saturated carbocycles. The Bertz CT molecular complexity index is 462. The largest absolute Gasteiger partial charge is 0.382 e. The fourth-order valence-corrected chi connectivity index (χ4v) is 3.46. The lowest BCUT2D eigenvalue weighted by Crippen LogP contribution is -2.30. The summed E-state index contributed by atoms with van der Waals surface area (Å²) in [7, 11) is 1.93. The molecule has 2 rings (SSSR count). The second-order valence-corrected chi connectivity index (χ2v) is 7.13. The van der Waals surface area contributed by atoms with Gasteiger partial charge in [0.25, 0.3) is 0 Å². The third-order valence-electron chi connectivity index (χ3n) is 4.65. The molecule has 0 heterocycles. The van der Waals surface area contributed by atoms with Gasteiger partial charge >= 0.3 is 0 Å². The van der Waals surface area contributed by atoms with Gasteiger partial charge in [0, 0.05) is 24.8 Å². The minimum absolute atomic E-state index is 0.145. The normalized spacial score (nSPS) is 26.0. The number of nitrogens with zero attached hydrogens (tertiary/aromatic N) is 1. The predicted molar refractivity (Wildman–Crippen MR) is 89.5 cm³/mol. The Morgan fingerprint density at radius 1 is 1.14 bits per heavy atom. The lowest BCUT2D eigenvalue weighted by molar-refractivity contribution is 0.281. The van der Waals surface area contributed by atoms with Gasteiger partial charge in [-0.3, -0.25) is 0 Å². The van der Waals surface area contributed by atoms with E-state index in [0.717, 1.165) is 17.5 Å². The number of hydrogen-bond donors (Lipinski definition) is 1. The molecule has 21 heavy (non-hydrogen) atoms. The molecule has 2 nitrogen and oxygen atoms in total. The van der Waals surface area contributed by atoms with E-state index in [-0.39, 0.29) is 5.82 Å². The van der Waals surface area contributed by atoms with Gasteiger partial charge in [0.05, 0.1) is 5.69 Å².